The van der Waals surface area contributed by atoms with E-state index in [-0.39, 0.29) is 36.3 Å². The first-order chi connectivity index (χ1) is 16.6. The minimum atomic E-state index is -4.10. The molecule has 13 heteroatoms. The number of nitrogens with zero attached hydrogens (tertiary/aromatic N) is 2. The second-order valence-electron chi connectivity index (χ2n) is 7.83. The maximum atomic E-state index is 12.5. The lowest BCUT2D eigenvalue weighted by Gasteiger charge is -2.35. The molecule has 6 N–H and O–H groups in total. The maximum Gasteiger partial charge on any atom is 0.323 e. The van der Waals surface area contributed by atoms with Gasteiger partial charge in [0, 0.05) is 30.9 Å². The van der Waals surface area contributed by atoms with Gasteiger partial charge in [-0.25, -0.2) is 8.42 Å². The van der Waals surface area contributed by atoms with Crippen LogP contribution in [0.2, 0.25) is 0 Å². The molecule has 12 nitrogen and oxygen atoms in total. The Hall–Kier alpha value is -3.97. The molecule has 0 aliphatic carbocycles. The molecular weight excluding hydrogens is 476 g/mol. The van der Waals surface area contributed by atoms with Gasteiger partial charge in [-0.2, -0.15) is 4.72 Å². The number of sulfonamides is 1. The Morgan fingerprint density at radius 1 is 1.09 bits per heavy atom. The molecule has 0 aromatic heterocycles. The zero-order valence-corrected chi connectivity index (χ0v) is 19.5. The summed E-state index contributed by atoms with van der Waals surface area (Å²) in [6, 6.07) is 12.6. The molecule has 1 aliphatic heterocycles. The number of nitrogens with one attached hydrogen (secondary N) is 3. The average Bonchev–Trinajstić information content (AvgIpc) is 2.83. The number of piperazine rings is 1. The highest BCUT2D eigenvalue weighted by molar-refractivity contribution is 7.89. The first-order valence-corrected chi connectivity index (χ1v) is 12.1. The van der Waals surface area contributed by atoms with E-state index >= 15 is 0 Å². The summed E-state index contributed by atoms with van der Waals surface area (Å²) >= 11 is 0. The van der Waals surface area contributed by atoms with E-state index in [1.165, 1.54) is 29.2 Å². The molecule has 1 saturated heterocycles. The fraction of sp³-hybridized carbons (Fsp3) is 0.273. The molecule has 1 aliphatic rings. The van der Waals surface area contributed by atoms with Crippen molar-refractivity contribution in [1.29, 1.82) is 5.41 Å². The van der Waals surface area contributed by atoms with Gasteiger partial charge in [0.1, 0.15) is 11.9 Å². The van der Waals surface area contributed by atoms with Crippen molar-refractivity contribution in [2.24, 2.45) is 5.73 Å². The molecule has 3 rings (SSSR count). The molecule has 0 saturated carbocycles. The SMILES string of the molecule is N=C(N)c1ccc(N2CCN(CC(=O)NC[C@H](NS(=O)(=O)c3ccccc3)C(=O)O)C(=O)C2)cc1. The predicted molar refractivity (Wildman–Crippen MR) is 127 cm³/mol. The Morgan fingerprint density at radius 2 is 1.74 bits per heavy atom. The summed E-state index contributed by atoms with van der Waals surface area (Å²) in [6.45, 7) is 0.00268. The van der Waals surface area contributed by atoms with E-state index in [0.717, 1.165) is 5.69 Å². The molecule has 2 aromatic carbocycles. The molecule has 35 heavy (non-hydrogen) atoms. The largest absolute Gasteiger partial charge is 0.480 e. The van der Waals surface area contributed by atoms with E-state index in [0.29, 0.717) is 12.1 Å². The average molecular weight is 503 g/mol. The number of anilines is 1. The topological polar surface area (TPSA) is 186 Å². The third-order valence-electron chi connectivity index (χ3n) is 5.35. The normalized spacial score (nSPS) is 14.9. The van der Waals surface area contributed by atoms with Gasteiger partial charge in [-0.3, -0.25) is 19.8 Å². The van der Waals surface area contributed by atoms with Gasteiger partial charge in [-0.15, -0.1) is 0 Å². The molecule has 2 aromatic rings. The van der Waals surface area contributed by atoms with Crippen LogP contribution in [-0.4, -0.2) is 80.8 Å². The van der Waals surface area contributed by atoms with E-state index in [4.69, 9.17) is 11.1 Å². The number of carbonyl (C=O) groups is 3. The summed E-state index contributed by atoms with van der Waals surface area (Å²) in [5, 5.41) is 19.2. The number of aliphatic carboxylic acids is 1. The molecule has 0 unspecified atom stereocenters. The predicted octanol–water partition coefficient (Wildman–Crippen LogP) is -0.833. The van der Waals surface area contributed by atoms with Crippen molar-refractivity contribution >= 4 is 39.3 Å². The molecule has 1 fully saturated rings. The van der Waals surface area contributed by atoms with Gasteiger partial charge < -0.3 is 26.0 Å². The summed E-state index contributed by atoms with van der Waals surface area (Å²) in [7, 11) is -4.10. The quantitative estimate of drug-likeness (QED) is 0.206. The monoisotopic (exact) mass is 502 g/mol. The first-order valence-electron chi connectivity index (χ1n) is 10.6. The van der Waals surface area contributed by atoms with Crippen LogP contribution in [0.5, 0.6) is 0 Å². The van der Waals surface area contributed by atoms with Gasteiger partial charge in [-0.05, 0) is 36.4 Å². The molecule has 0 bridgehead atoms. The lowest BCUT2D eigenvalue weighted by molar-refractivity contribution is -0.139. The van der Waals surface area contributed by atoms with Crippen LogP contribution < -0.4 is 20.7 Å². The number of nitrogens with two attached hydrogens (primary N) is 1. The van der Waals surface area contributed by atoms with E-state index in [1.54, 1.807) is 30.3 Å². The van der Waals surface area contributed by atoms with Gasteiger partial charge in [0.05, 0.1) is 18.0 Å². The zero-order valence-electron chi connectivity index (χ0n) is 18.7. The van der Waals surface area contributed by atoms with Crippen molar-refractivity contribution in [2.75, 3.05) is 37.6 Å². The number of hydrogen-bond acceptors (Lipinski definition) is 7. The highest BCUT2D eigenvalue weighted by atomic mass is 32.2. The summed E-state index contributed by atoms with van der Waals surface area (Å²) in [5.41, 5.74) is 6.80. The number of hydrogen-bond donors (Lipinski definition) is 5. The van der Waals surface area contributed by atoms with Crippen LogP contribution in [0.3, 0.4) is 0 Å². The van der Waals surface area contributed by atoms with Crippen LogP contribution in [0, 0.1) is 5.41 Å². The Morgan fingerprint density at radius 3 is 2.31 bits per heavy atom. The third-order valence-corrected chi connectivity index (χ3v) is 6.84. The van der Waals surface area contributed by atoms with E-state index < -0.39 is 34.5 Å². The zero-order chi connectivity index (χ0) is 25.6. The number of carbonyl (C=O) groups excluding carboxylic acids is 2. The number of carboxylic acid groups (broad SMARTS) is 1. The number of amides is 2. The van der Waals surface area contributed by atoms with Crippen molar-refractivity contribution in [3.05, 3.63) is 60.2 Å². The van der Waals surface area contributed by atoms with Crippen molar-refractivity contribution in [3.63, 3.8) is 0 Å². The van der Waals surface area contributed by atoms with E-state index in [1.807, 2.05) is 4.90 Å². The van der Waals surface area contributed by atoms with Gasteiger partial charge in [0.15, 0.2) is 0 Å². The number of amidine groups is 1. The Kier molecular flexibility index (Phi) is 8.04. The Balaban J connectivity index is 1.52. The lowest BCUT2D eigenvalue weighted by atomic mass is 10.1. The summed E-state index contributed by atoms with van der Waals surface area (Å²) in [4.78, 5) is 39.5. The number of nitrogen functional groups attached to an aromatic ring is 1. The molecule has 0 radical (unpaired) electrons. The molecule has 1 atom stereocenters. The second-order valence-corrected chi connectivity index (χ2v) is 9.54. The van der Waals surface area contributed by atoms with Crippen LogP contribution >= 0.6 is 0 Å². The van der Waals surface area contributed by atoms with Crippen molar-refractivity contribution in [1.82, 2.24) is 14.9 Å². The maximum absolute atomic E-state index is 12.5. The summed E-state index contributed by atoms with van der Waals surface area (Å²) in [6.07, 6.45) is 0. The third kappa shape index (κ3) is 6.77. The van der Waals surface area contributed by atoms with Crippen molar-refractivity contribution in [2.45, 2.75) is 10.9 Å². The minimum Gasteiger partial charge on any atom is -0.480 e. The van der Waals surface area contributed by atoms with E-state index in [2.05, 4.69) is 10.0 Å². The van der Waals surface area contributed by atoms with Gasteiger partial charge in [-0.1, -0.05) is 18.2 Å². The Bertz CT molecular complexity index is 1200. The Labute approximate surface area is 202 Å². The van der Waals surface area contributed by atoms with Crippen LogP contribution in [0.4, 0.5) is 5.69 Å². The molecule has 186 valence electrons. The number of rotatable bonds is 10. The van der Waals surface area contributed by atoms with Gasteiger partial charge >= 0.3 is 5.97 Å². The van der Waals surface area contributed by atoms with Crippen molar-refractivity contribution in [3.8, 4) is 0 Å². The standard InChI is InChI=1S/C22H26N6O6S/c23-21(24)15-6-8-16(9-7-15)27-10-11-28(20(30)14-27)13-19(29)25-12-18(22(31)32)26-35(33,34)17-4-2-1-3-5-17/h1-9,18,26H,10-14H2,(H3,23,24)(H,25,29)(H,31,32)/t18-/m0/s1. The molecule has 2 amide bonds. The van der Waals surface area contributed by atoms with Gasteiger partial charge in [0.25, 0.3) is 0 Å². The number of carboxylic acids is 1. The van der Waals surface area contributed by atoms with Crippen LogP contribution in [-0.2, 0) is 24.4 Å². The van der Waals surface area contributed by atoms with Crippen LogP contribution in [0.25, 0.3) is 0 Å². The smallest absolute Gasteiger partial charge is 0.323 e. The molecule has 1 heterocycles. The first kappa shape index (κ1) is 25.6. The van der Waals surface area contributed by atoms with E-state index in [9.17, 15) is 27.9 Å². The summed E-state index contributed by atoms with van der Waals surface area (Å²) < 4.78 is 26.8. The highest BCUT2D eigenvalue weighted by Crippen LogP contribution is 2.17. The molecule has 0 spiro atoms. The van der Waals surface area contributed by atoms with Gasteiger partial charge in [0.2, 0.25) is 21.8 Å². The molecular formula is C22H26N6O6S. The minimum absolute atomic E-state index is 0.0430. The van der Waals surface area contributed by atoms with Crippen LogP contribution in [0.15, 0.2) is 59.5 Å². The second kappa shape index (κ2) is 11.0. The lowest BCUT2D eigenvalue weighted by Crippen LogP contribution is -2.54. The highest BCUT2D eigenvalue weighted by Gasteiger charge is 2.28. The fourth-order valence-electron chi connectivity index (χ4n) is 3.43. The van der Waals surface area contributed by atoms with Crippen LogP contribution in [0.1, 0.15) is 5.56 Å². The van der Waals surface area contributed by atoms with Crippen molar-refractivity contribution < 1.29 is 27.9 Å². The number of benzene rings is 2. The summed E-state index contributed by atoms with van der Waals surface area (Å²) in [5.74, 6) is -2.41. The fourth-order valence-corrected chi connectivity index (χ4v) is 4.64.